The number of amides is 3. The molecule has 3 amide bonds. The van der Waals surface area contributed by atoms with Gasteiger partial charge in [-0.05, 0) is 56.2 Å². The number of non-ortho nitro benzene ring substituents is 1. The van der Waals surface area contributed by atoms with Crippen molar-refractivity contribution in [2.75, 3.05) is 26.2 Å². The first-order chi connectivity index (χ1) is 20.6. The molecule has 4 rings (SSSR count). The maximum absolute atomic E-state index is 13.5. The zero-order valence-corrected chi connectivity index (χ0v) is 24.9. The summed E-state index contributed by atoms with van der Waals surface area (Å²) in [5.41, 5.74) is -0.471. The average molecular weight is 616 g/mol. The second-order valence-corrected chi connectivity index (χ2v) is 12.6. The molecular weight excluding hydrogens is 578 g/mol. The molecule has 0 saturated carbocycles. The van der Waals surface area contributed by atoms with E-state index in [1.807, 2.05) is 37.3 Å². The summed E-state index contributed by atoms with van der Waals surface area (Å²) in [6.45, 7) is 2.87. The number of carbonyl (C=O) groups excluding carboxylic acids is 3. The van der Waals surface area contributed by atoms with E-state index in [0.29, 0.717) is 38.8 Å². The van der Waals surface area contributed by atoms with Crippen molar-refractivity contribution in [2.45, 2.75) is 68.5 Å². The molecule has 2 saturated heterocycles. The summed E-state index contributed by atoms with van der Waals surface area (Å²) < 4.78 is 32.9. The fourth-order valence-electron chi connectivity index (χ4n) is 5.54. The second-order valence-electron chi connectivity index (χ2n) is 10.7. The van der Waals surface area contributed by atoms with Crippen molar-refractivity contribution in [3.63, 3.8) is 0 Å². The molecule has 2 aromatic carbocycles. The first-order valence-corrected chi connectivity index (χ1v) is 15.8. The number of unbranched alkanes of at least 4 members (excludes halogenated alkanes) is 1. The van der Waals surface area contributed by atoms with Crippen molar-refractivity contribution < 1.29 is 32.5 Å². The van der Waals surface area contributed by atoms with E-state index in [1.54, 1.807) is 4.90 Å². The summed E-state index contributed by atoms with van der Waals surface area (Å²) in [7, 11) is -3.94. The van der Waals surface area contributed by atoms with Crippen LogP contribution in [0.25, 0.3) is 0 Å². The van der Waals surface area contributed by atoms with Gasteiger partial charge in [-0.2, -0.15) is 4.31 Å². The smallest absolute Gasteiger partial charge is 0.407 e. The van der Waals surface area contributed by atoms with Crippen molar-refractivity contribution in [1.29, 1.82) is 0 Å². The van der Waals surface area contributed by atoms with Gasteiger partial charge in [-0.3, -0.25) is 19.7 Å². The van der Waals surface area contributed by atoms with Gasteiger partial charge in [0.15, 0.2) is 0 Å². The van der Waals surface area contributed by atoms with Crippen molar-refractivity contribution in [3.05, 3.63) is 70.3 Å². The van der Waals surface area contributed by atoms with Gasteiger partial charge in [0.05, 0.1) is 9.82 Å². The monoisotopic (exact) mass is 615 g/mol. The van der Waals surface area contributed by atoms with Crippen LogP contribution in [0.2, 0.25) is 0 Å². The number of hydrogen-bond donors (Lipinski definition) is 2. The third-order valence-electron chi connectivity index (χ3n) is 7.89. The van der Waals surface area contributed by atoms with Crippen LogP contribution in [0.3, 0.4) is 0 Å². The minimum atomic E-state index is -3.94. The fraction of sp³-hybridized carbons (Fsp3) is 0.483. The zero-order chi connectivity index (χ0) is 31.0. The fourth-order valence-corrected chi connectivity index (χ4v) is 6.98. The molecule has 232 valence electrons. The van der Waals surface area contributed by atoms with Gasteiger partial charge in [0.1, 0.15) is 18.2 Å². The molecule has 0 aromatic heterocycles. The lowest BCUT2D eigenvalue weighted by atomic mass is 9.81. The molecule has 1 spiro atoms. The van der Waals surface area contributed by atoms with E-state index in [0.717, 1.165) is 17.7 Å². The highest BCUT2D eigenvalue weighted by Crippen LogP contribution is 2.35. The lowest BCUT2D eigenvalue weighted by Crippen LogP contribution is -2.73. The molecular formula is C29H37N5O8S. The highest BCUT2D eigenvalue weighted by molar-refractivity contribution is 7.89. The summed E-state index contributed by atoms with van der Waals surface area (Å²) in [6, 6.07) is 13.3. The summed E-state index contributed by atoms with van der Waals surface area (Å²) in [5, 5.41) is 16.5. The first kappa shape index (κ1) is 31.9. The van der Waals surface area contributed by atoms with Crippen molar-refractivity contribution in [1.82, 2.24) is 19.8 Å². The van der Waals surface area contributed by atoms with Gasteiger partial charge in [0.25, 0.3) is 5.69 Å². The van der Waals surface area contributed by atoms with Crippen LogP contribution in [0.4, 0.5) is 10.5 Å². The van der Waals surface area contributed by atoms with Gasteiger partial charge >= 0.3 is 6.09 Å². The Kier molecular flexibility index (Phi) is 10.3. The van der Waals surface area contributed by atoms with Gasteiger partial charge in [-0.25, -0.2) is 13.2 Å². The number of alkyl carbamates (subject to hydrolysis) is 1. The maximum atomic E-state index is 13.5. The number of piperidine rings is 1. The van der Waals surface area contributed by atoms with E-state index < -0.39 is 32.6 Å². The summed E-state index contributed by atoms with van der Waals surface area (Å²) in [4.78, 5) is 50.9. The molecule has 2 N–H and O–H groups in total. The summed E-state index contributed by atoms with van der Waals surface area (Å²) in [5.74, 6) is -0.482. The number of nitrogens with zero attached hydrogens (tertiary/aromatic N) is 3. The van der Waals surface area contributed by atoms with Crippen LogP contribution >= 0.6 is 0 Å². The maximum Gasteiger partial charge on any atom is 0.407 e. The Hall–Kier alpha value is -4.04. The van der Waals surface area contributed by atoms with E-state index in [9.17, 15) is 32.9 Å². The minimum absolute atomic E-state index is 0.0247. The standard InChI is InChI=1S/C29H37N5O8S/c1-2-18-33-26(35)25(10-6-7-17-30-28(37)42-21-22-8-4-3-5-9-22)31-27(36)29(33)15-19-32(20-16-29)43(40,41)24-13-11-23(12-14-24)34(38)39/h3-5,8-9,11-14,25H,2,6-7,10,15-21H2,1H3,(H,30,37)(H,31,36)/t25-/m0/s1. The van der Waals surface area contributed by atoms with Crippen LogP contribution in [0, 0.1) is 10.1 Å². The summed E-state index contributed by atoms with van der Waals surface area (Å²) >= 11 is 0. The number of benzene rings is 2. The number of carbonyl (C=O) groups is 3. The third-order valence-corrected chi connectivity index (χ3v) is 9.81. The quantitative estimate of drug-likeness (QED) is 0.209. The first-order valence-electron chi connectivity index (χ1n) is 14.4. The van der Waals surface area contributed by atoms with Crippen molar-refractivity contribution in [2.24, 2.45) is 0 Å². The molecule has 0 aliphatic carbocycles. The van der Waals surface area contributed by atoms with Crippen LogP contribution in [0.1, 0.15) is 51.0 Å². The van der Waals surface area contributed by atoms with Crippen molar-refractivity contribution in [3.8, 4) is 0 Å². The van der Waals surface area contributed by atoms with Crippen molar-refractivity contribution >= 4 is 33.6 Å². The number of rotatable bonds is 12. The Labute approximate surface area is 250 Å². The second kappa shape index (κ2) is 14.0. The van der Waals surface area contributed by atoms with Gasteiger partial charge in [-0.15, -0.1) is 0 Å². The molecule has 0 unspecified atom stereocenters. The van der Waals surface area contributed by atoms with Crippen LogP contribution in [-0.2, 0) is 31.0 Å². The normalized spacial score (nSPS) is 18.7. The molecule has 2 fully saturated rings. The zero-order valence-electron chi connectivity index (χ0n) is 24.1. The van der Waals surface area contributed by atoms with Crippen LogP contribution < -0.4 is 10.6 Å². The Morgan fingerprint density at radius 2 is 1.77 bits per heavy atom. The molecule has 2 aliphatic rings. The largest absolute Gasteiger partial charge is 0.445 e. The molecule has 0 radical (unpaired) electrons. The molecule has 0 bridgehead atoms. The number of sulfonamides is 1. The molecule has 2 aliphatic heterocycles. The molecule has 2 heterocycles. The topological polar surface area (TPSA) is 168 Å². The van der Waals surface area contributed by atoms with E-state index in [-0.39, 0.29) is 54.9 Å². The number of nitro groups is 1. The Bertz CT molecular complexity index is 1410. The highest BCUT2D eigenvalue weighted by atomic mass is 32.2. The Balaban J connectivity index is 1.29. The lowest BCUT2D eigenvalue weighted by Gasteiger charge is -2.51. The van der Waals surface area contributed by atoms with E-state index in [2.05, 4.69) is 10.6 Å². The Morgan fingerprint density at radius 1 is 1.09 bits per heavy atom. The third kappa shape index (κ3) is 7.31. The number of hydrogen-bond acceptors (Lipinski definition) is 8. The highest BCUT2D eigenvalue weighted by Gasteiger charge is 2.54. The molecule has 1 atom stereocenters. The van der Waals surface area contributed by atoms with E-state index in [4.69, 9.17) is 4.74 Å². The number of ether oxygens (including phenoxy) is 1. The molecule has 13 nitrogen and oxygen atoms in total. The van der Waals surface area contributed by atoms with Gasteiger partial charge < -0.3 is 20.3 Å². The van der Waals surface area contributed by atoms with E-state index in [1.165, 1.54) is 16.4 Å². The molecule has 14 heteroatoms. The predicted octanol–water partition coefficient (Wildman–Crippen LogP) is 2.95. The number of nitrogens with one attached hydrogen (secondary N) is 2. The summed E-state index contributed by atoms with van der Waals surface area (Å²) in [6.07, 6.45) is 1.97. The van der Waals surface area contributed by atoms with Gasteiger partial charge in [-0.1, -0.05) is 37.3 Å². The van der Waals surface area contributed by atoms with Crippen LogP contribution in [0.15, 0.2) is 59.5 Å². The van der Waals surface area contributed by atoms with Gasteiger partial charge in [0.2, 0.25) is 21.8 Å². The van der Waals surface area contributed by atoms with Crippen LogP contribution in [-0.4, -0.2) is 78.2 Å². The SMILES string of the molecule is CCCN1C(=O)[C@H](CCCCNC(=O)OCc2ccccc2)NC(=O)C12CCN(S(=O)(=O)c1ccc([N+](=O)[O-])cc1)CC2. The van der Waals surface area contributed by atoms with E-state index >= 15 is 0 Å². The van der Waals surface area contributed by atoms with Gasteiger partial charge in [0, 0.05) is 38.3 Å². The molecule has 2 aromatic rings. The number of nitro benzene ring substituents is 1. The average Bonchev–Trinajstić information content (AvgIpc) is 3.01. The predicted molar refractivity (Wildman–Crippen MR) is 156 cm³/mol. The Morgan fingerprint density at radius 3 is 2.40 bits per heavy atom. The lowest BCUT2D eigenvalue weighted by molar-refractivity contribution is -0.384. The molecule has 43 heavy (non-hydrogen) atoms. The minimum Gasteiger partial charge on any atom is -0.445 e. The number of piperazine rings is 1. The van der Waals surface area contributed by atoms with Crippen LogP contribution in [0.5, 0.6) is 0 Å².